The maximum Gasteiger partial charge on any atom is 0.178 e. The molecule has 1 fully saturated rings. The van der Waals surface area contributed by atoms with Gasteiger partial charge in [-0.25, -0.2) is 8.42 Å². The molecule has 0 aliphatic heterocycles. The number of anilines is 1. The predicted molar refractivity (Wildman–Crippen MR) is 69.6 cm³/mol. The van der Waals surface area contributed by atoms with E-state index in [1.807, 2.05) is 0 Å². The zero-order chi connectivity index (χ0) is 12.5. The van der Waals surface area contributed by atoms with Gasteiger partial charge in [-0.1, -0.05) is 12.8 Å². The number of hydrogen-bond donors (Lipinski definition) is 1. The fourth-order valence-corrected chi connectivity index (χ4v) is 4.56. The van der Waals surface area contributed by atoms with Crippen molar-refractivity contribution in [1.29, 1.82) is 0 Å². The second-order valence-corrected chi connectivity index (χ2v) is 6.96. The van der Waals surface area contributed by atoms with Crippen LogP contribution in [0.25, 0.3) is 0 Å². The van der Waals surface area contributed by atoms with E-state index in [-0.39, 0.29) is 5.75 Å². The first-order valence-corrected chi connectivity index (χ1v) is 7.73. The highest BCUT2D eigenvalue weighted by atomic mass is 32.2. The number of sulfone groups is 1. The van der Waals surface area contributed by atoms with Gasteiger partial charge in [0.15, 0.2) is 9.84 Å². The van der Waals surface area contributed by atoms with Crippen LogP contribution in [0.2, 0.25) is 0 Å². The first-order valence-electron chi connectivity index (χ1n) is 6.08. The Morgan fingerprint density at radius 3 is 2.53 bits per heavy atom. The van der Waals surface area contributed by atoms with Crippen LogP contribution in [0.4, 0.5) is 5.69 Å². The molecule has 0 unspecified atom stereocenters. The minimum Gasteiger partial charge on any atom is -0.399 e. The second-order valence-electron chi connectivity index (χ2n) is 4.96. The molecular weight excluding hydrogens is 234 g/mol. The van der Waals surface area contributed by atoms with Crippen molar-refractivity contribution in [2.24, 2.45) is 5.92 Å². The van der Waals surface area contributed by atoms with Gasteiger partial charge in [0, 0.05) is 5.69 Å². The molecule has 94 valence electrons. The summed E-state index contributed by atoms with van der Waals surface area (Å²) >= 11 is 0. The van der Waals surface area contributed by atoms with E-state index in [9.17, 15) is 8.42 Å². The number of benzene rings is 1. The Balaban J connectivity index is 2.24. The van der Waals surface area contributed by atoms with Crippen LogP contribution in [0.1, 0.15) is 31.2 Å². The molecule has 0 spiro atoms. The van der Waals surface area contributed by atoms with E-state index < -0.39 is 9.84 Å². The van der Waals surface area contributed by atoms with Gasteiger partial charge in [0.2, 0.25) is 0 Å². The minimum absolute atomic E-state index is 0.289. The fourth-order valence-electron chi connectivity index (χ4n) is 2.60. The van der Waals surface area contributed by atoms with Crippen LogP contribution < -0.4 is 5.73 Å². The van der Waals surface area contributed by atoms with E-state index in [0.717, 1.165) is 18.4 Å². The molecule has 2 rings (SSSR count). The molecule has 1 aliphatic carbocycles. The normalized spacial score (nSPS) is 17.5. The molecule has 0 heterocycles. The SMILES string of the molecule is Cc1cc(N)ccc1S(=O)(=O)CC1CCCC1. The van der Waals surface area contributed by atoms with Crippen molar-refractivity contribution >= 4 is 15.5 Å². The van der Waals surface area contributed by atoms with E-state index in [1.165, 1.54) is 12.8 Å². The van der Waals surface area contributed by atoms with Crippen molar-refractivity contribution in [3.05, 3.63) is 23.8 Å². The van der Waals surface area contributed by atoms with Crippen molar-refractivity contribution in [3.8, 4) is 0 Å². The number of aryl methyl sites for hydroxylation is 1. The average molecular weight is 253 g/mol. The maximum atomic E-state index is 12.3. The molecule has 0 saturated heterocycles. The van der Waals surface area contributed by atoms with Gasteiger partial charge < -0.3 is 5.73 Å². The van der Waals surface area contributed by atoms with E-state index >= 15 is 0 Å². The van der Waals surface area contributed by atoms with Crippen LogP contribution in [0, 0.1) is 12.8 Å². The lowest BCUT2D eigenvalue weighted by molar-refractivity contribution is 0.558. The van der Waals surface area contributed by atoms with E-state index in [0.29, 0.717) is 16.5 Å². The Bertz CT molecular complexity index is 502. The van der Waals surface area contributed by atoms with Crippen molar-refractivity contribution < 1.29 is 8.42 Å². The quantitative estimate of drug-likeness (QED) is 0.842. The van der Waals surface area contributed by atoms with Crippen LogP contribution in [-0.2, 0) is 9.84 Å². The summed E-state index contributed by atoms with van der Waals surface area (Å²) < 4.78 is 24.6. The van der Waals surface area contributed by atoms with Gasteiger partial charge in [0.1, 0.15) is 0 Å². The van der Waals surface area contributed by atoms with Crippen LogP contribution in [-0.4, -0.2) is 14.2 Å². The summed E-state index contributed by atoms with van der Waals surface area (Å²) in [5.74, 6) is 0.634. The van der Waals surface area contributed by atoms with E-state index in [2.05, 4.69) is 0 Å². The summed E-state index contributed by atoms with van der Waals surface area (Å²) in [6, 6.07) is 5.02. The van der Waals surface area contributed by atoms with Crippen LogP contribution in [0.3, 0.4) is 0 Å². The topological polar surface area (TPSA) is 60.2 Å². The van der Waals surface area contributed by atoms with Crippen molar-refractivity contribution in [3.63, 3.8) is 0 Å². The third-order valence-electron chi connectivity index (χ3n) is 3.46. The third kappa shape index (κ3) is 2.80. The van der Waals surface area contributed by atoms with E-state index in [4.69, 9.17) is 5.73 Å². The summed E-state index contributed by atoms with van der Waals surface area (Å²) in [6.07, 6.45) is 4.43. The molecule has 0 amide bonds. The third-order valence-corrected chi connectivity index (χ3v) is 5.50. The Hall–Kier alpha value is -1.03. The smallest absolute Gasteiger partial charge is 0.178 e. The molecule has 1 saturated carbocycles. The predicted octanol–water partition coefficient (Wildman–Crippen LogP) is 2.54. The molecule has 3 nitrogen and oxygen atoms in total. The molecule has 2 N–H and O–H groups in total. The van der Waals surface area contributed by atoms with Crippen molar-refractivity contribution in [2.75, 3.05) is 11.5 Å². The number of nitrogen functional groups attached to an aromatic ring is 1. The molecule has 0 aromatic heterocycles. The monoisotopic (exact) mass is 253 g/mol. The lowest BCUT2D eigenvalue weighted by atomic mass is 10.1. The molecule has 1 aromatic rings. The lowest BCUT2D eigenvalue weighted by Crippen LogP contribution is -2.15. The summed E-state index contributed by atoms with van der Waals surface area (Å²) in [4.78, 5) is 0.443. The van der Waals surface area contributed by atoms with Crippen LogP contribution in [0.5, 0.6) is 0 Å². The summed E-state index contributed by atoms with van der Waals surface area (Å²) in [7, 11) is -3.15. The van der Waals surface area contributed by atoms with Crippen LogP contribution in [0.15, 0.2) is 23.1 Å². The number of hydrogen-bond acceptors (Lipinski definition) is 3. The highest BCUT2D eigenvalue weighted by Crippen LogP contribution is 2.29. The van der Waals surface area contributed by atoms with Gasteiger partial charge in [-0.2, -0.15) is 0 Å². The standard InChI is InChI=1S/C13H19NO2S/c1-10-8-12(14)6-7-13(10)17(15,16)9-11-4-2-3-5-11/h6-8,11H,2-5,9,14H2,1H3. The highest BCUT2D eigenvalue weighted by molar-refractivity contribution is 7.91. The molecule has 0 radical (unpaired) electrons. The zero-order valence-electron chi connectivity index (χ0n) is 10.1. The van der Waals surface area contributed by atoms with Gasteiger partial charge in [-0.3, -0.25) is 0 Å². The van der Waals surface area contributed by atoms with Gasteiger partial charge in [0.05, 0.1) is 10.6 Å². The highest BCUT2D eigenvalue weighted by Gasteiger charge is 2.25. The largest absolute Gasteiger partial charge is 0.399 e. The van der Waals surface area contributed by atoms with Crippen molar-refractivity contribution in [1.82, 2.24) is 0 Å². The minimum atomic E-state index is -3.15. The lowest BCUT2D eigenvalue weighted by Gasteiger charge is -2.12. The Kier molecular flexibility index (Phi) is 3.43. The average Bonchev–Trinajstić information content (AvgIpc) is 2.68. The Morgan fingerprint density at radius 1 is 1.29 bits per heavy atom. The zero-order valence-corrected chi connectivity index (χ0v) is 11.0. The molecule has 0 bridgehead atoms. The molecule has 1 aromatic carbocycles. The summed E-state index contributed by atoms with van der Waals surface area (Å²) in [5.41, 5.74) is 7.01. The van der Waals surface area contributed by atoms with Gasteiger partial charge in [0.25, 0.3) is 0 Å². The first kappa shape index (κ1) is 12.4. The Labute approximate surface area is 103 Å². The Morgan fingerprint density at radius 2 is 1.94 bits per heavy atom. The second kappa shape index (κ2) is 4.69. The van der Waals surface area contributed by atoms with Gasteiger partial charge >= 0.3 is 0 Å². The summed E-state index contributed by atoms with van der Waals surface area (Å²) in [6.45, 7) is 1.80. The maximum absolute atomic E-state index is 12.3. The fraction of sp³-hybridized carbons (Fsp3) is 0.538. The molecule has 1 aliphatic rings. The van der Waals surface area contributed by atoms with Gasteiger partial charge in [-0.05, 0) is 49.4 Å². The first-order chi connectivity index (χ1) is 7.99. The van der Waals surface area contributed by atoms with Gasteiger partial charge in [-0.15, -0.1) is 0 Å². The number of rotatable bonds is 3. The molecule has 17 heavy (non-hydrogen) atoms. The summed E-state index contributed by atoms with van der Waals surface area (Å²) in [5, 5.41) is 0. The van der Waals surface area contributed by atoms with Crippen LogP contribution >= 0.6 is 0 Å². The van der Waals surface area contributed by atoms with Crippen molar-refractivity contribution in [2.45, 2.75) is 37.5 Å². The molecule has 4 heteroatoms. The molecule has 0 atom stereocenters. The van der Waals surface area contributed by atoms with E-state index in [1.54, 1.807) is 25.1 Å². The number of nitrogens with two attached hydrogens (primary N) is 1. The molecular formula is C13H19NO2S.